The Morgan fingerprint density at radius 3 is 2.14 bits per heavy atom. The van der Waals surface area contributed by atoms with Crippen LogP contribution in [0, 0.1) is 0 Å². The molecule has 0 amide bonds. The predicted molar refractivity (Wildman–Crippen MR) is 87.3 cm³/mol. The summed E-state index contributed by atoms with van der Waals surface area (Å²) in [7, 11) is -3.65. The second-order valence-electron chi connectivity index (χ2n) is 4.99. The highest BCUT2D eigenvalue weighted by Gasteiger charge is 2.08. The summed E-state index contributed by atoms with van der Waals surface area (Å²) in [5.41, 5.74) is 2.07. The average Bonchev–Trinajstić information content (AvgIpc) is 2.52. The Kier molecular flexibility index (Phi) is 5.54. The number of anilines is 1. The topological polar surface area (TPSA) is 83.6 Å². The molecule has 0 heterocycles. The first-order valence-corrected chi connectivity index (χ1v) is 8.58. The highest BCUT2D eigenvalue weighted by atomic mass is 32.2. The van der Waals surface area contributed by atoms with E-state index >= 15 is 0 Å². The molecule has 0 atom stereocenters. The Balaban J connectivity index is 2.04. The van der Waals surface area contributed by atoms with Gasteiger partial charge in [0.15, 0.2) is 0 Å². The molecule has 5 nitrogen and oxygen atoms in total. The number of sulfonamides is 1. The van der Waals surface area contributed by atoms with Crippen molar-refractivity contribution in [3.05, 3.63) is 60.2 Å². The van der Waals surface area contributed by atoms with Crippen molar-refractivity contribution in [2.45, 2.75) is 11.3 Å². The van der Waals surface area contributed by atoms with Gasteiger partial charge in [0.25, 0.3) is 0 Å². The minimum absolute atomic E-state index is 0.0826. The van der Waals surface area contributed by atoms with E-state index in [4.69, 9.17) is 5.14 Å². The molecule has 0 aromatic heterocycles. The Morgan fingerprint density at radius 2 is 1.59 bits per heavy atom. The predicted octanol–water partition coefficient (Wildman–Crippen LogP) is 1.38. The number of para-hydroxylation sites is 1. The van der Waals surface area contributed by atoms with E-state index in [9.17, 15) is 13.5 Å². The molecule has 0 radical (unpaired) electrons. The summed E-state index contributed by atoms with van der Waals surface area (Å²) in [5, 5.41) is 14.3. The Hall–Kier alpha value is -1.89. The van der Waals surface area contributed by atoms with Crippen LogP contribution in [0.15, 0.2) is 59.5 Å². The van der Waals surface area contributed by atoms with Gasteiger partial charge in [-0.1, -0.05) is 30.3 Å². The zero-order valence-electron chi connectivity index (χ0n) is 12.2. The van der Waals surface area contributed by atoms with Gasteiger partial charge in [0.05, 0.1) is 11.5 Å². The van der Waals surface area contributed by atoms with Crippen LogP contribution < -0.4 is 10.0 Å². The third-order valence-corrected chi connectivity index (χ3v) is 4.34. The van der Waals surface area contributed by atoms with Gasteiger partial charge in [-0.25, -0.2) is 13.6 Å². The lowest BCUT2D eigenvalue weighted by Gasteiger charge is -2.24. The number of nitrogens with two attached hydrogens (primary N) is 1. The summed E-state index contributed by atoms with van der Waals surface area (Å²) in [6.07, 6.45) is 0.750. The van der Waals surface area contributed by atoms with Gasteiger partial charge in [-0.2, -0.15) is 0 Å². The monoisotopic (exact) mass is 320 g/mol. The van der Waals surface area contributed by atoms with Crippen molar-refractivity contribution in [2.24, 2.45) is 5.14 Å². The Morgan fingerprint density at radius 1 is 0.955 bits per heavy atom. The summed E-state index contributed by atoms with van der Waals surface area (Å²) in [6.45, 7) is 1.37. The van der Waals surface area contributed by atoms with Crippen molar-refractivity contribution in [1.29, 1.82) is 0 Å². The molecule has 2 aromatic rings. The van der Waals surface area contributed by atoms with E-state index in [0.29, 0.717) is 6.54 Å². The van der Waals surface area contributed by atoms with E-state index in [1.54, 1.807) is 12.1 Å². The van der Waals surface area contributed by atoms with Gasteiger partial charge in [-0.15, -0.1) is 0 Å². The van der Waals surface area contributed by atoms with Gasteiger partial charge in [0.1, 0.15) is 0 Å². The van der Waals surface area contributed by atoms with Crippen LogP contribution in [-0.2, 0) is 16.4 Å². The number of nitrogens with zero attached hydrogens (tertiary/aromatic N) is 1. The molecule has 0 aliphatic rings. The average molecular weight is 320 g/mol. The van der Waals surface area contributed by atoms with Crippen LogP contribution in [0.3, 0.4) is 0 Å². The van der Waals surface area contributed by atoms with E-state index in [-0.39, 0.29) is 11.5 Å². The zero-order chi connectivity index (χ0) is 16.0. The van der Waals surface area contributed by atoms with E-state index < -0.39 is 10.0 Å². The quantitative estimate of drug-likeness (QED) is 0.807. The largest absolute Gasteiger partial charge is 0.395 e. The normalized spacial score (nSPS) is 11.4. The first-order chi connectivity index (χ1) is 10.5. The molecular formula is C16H20N2O3S. The minimum atomic E-state index is -3.65. The van der Waals surface area contributed by atoms with Gasteiger partial charge >= 0.3 is 0 Å². The smallest absolute Gasteiger partial charge is 0.238 e. The van der Waals surface area contributed by atoms with Crippen molar-refractivity contribution < 1.29 is 13.5 Å². The van der Waals surface area contributed by atoms with Crippen molar-refractivity contribution >= 4 is 15.7 Å². The number of aliphatic hydroxyl groups is 1. The van der Waals surface area contributed by atoms with E-state index in [2.05, 4.69) is 4.90 Å². The maximum atomic E-state index is 11.2. The minimum Gasteiger partial charge on any atom is -0.395 e. The van der Waals surface area contributed by atoms with Gasteiger partial charge in [-0.3, -0.25) is 0 Å². The third kappa shape index (κ3) is 4.56. The highest BCUT2D eigenvalue weighted by molar-refractivity contribution is 7.89. The molecule has 0 aliphatic heterocycles. The molecule has 0 saturated heterocycles. The molecule has 0 fully saturated rings. The summed E-state index contributed by atoms with van der Waals surface area (Å²) < 4.78 is 22.4. The fourth-order valence-electron chi connectivity index (χ4n) is 2.24. The maximum Gasteiger partial charge on any atom is 0.238 e. The number of rotatable bonds is 7. The maximum absolute atomic E-state index is 11.2. The fraction of sp³-hybridized carbons (Fsp3) is 0.250. The summed E-state index contributed by atoms with van der Waals surface area (Å²) in [4.78, 5) is 2.21. The molecule has 2 aromatic carbocycles. The summed E-state index contributed by atoms with van der Waals surface area (Å²) in [6, 6.07) is 16.4. The van der Waals surface area contributed by atoms with Crippen molar-refractivity contribution in [2.75, 3.05) is 24.6 Å². The lowest BCUT2D eigenvalue weighted by Crippen LogP contribution is -2.28. The number of benzene rings is 2. The molecule has 2 rings (SSSR count). The van der Waals surface area contributed by atoms with Crippen LogP contribution in [0.25, 0.3) is 0 Å². The standard InChI is InChI=1S/C16H20N2O3S/c17-22(20,21)16-8-6-14(7-9-16)10-11-18(12-13-19)15-4-2-1-3-5-15/h1-9,19H,10-13H2,(H2,17,20,21). The molecule has 0 bridgehead atoms. The van der Waals surface area contributed by atoms with Crippen molar-refractivity contribution in [1.82, 2.24) is 0 Å². The number of hydrogen-bond acceptors (Lipinski definition) is 4. The number of primary sulfonamides is 1. The van der Waals surface area contributed by atoms with Crippen LogP contribution in [-0.4, -0.2) is 33.2 Å². The summed E-state index contributed by atoms with van der Waals surface area (Å²) >= 11 is 0. The molecule has 0 aliphatic carbocycles. The van der Waals surface area contributed by atoms with Gasteiger partial charge in [0.2, 0.25) is 10.0 Å². The molecular weight excluding hydrogens is 300 g/mol. The third-order valence-electron chi connectivity index (χ3n) is 3.41. The fourth-order valence-corrected chi connectivity index (χ4v) is 2.75. The first kappa shape index (κ1) is 16.5. The molecule has 0 saturated carbocycles. The molecule has 22 heavy (non-hydrogen) atoms. The molecule has 6 heteroatoms. The van der Waals surface area contributed by atoms with Gasteiger partial charge in [0, 0.05) is 18.8 Å². The lowest BCUT2D eigenvalue weighted by atomic mass is 10.1. The van der Waals surface area contributed by atoms with Crippen LogP contribution in [0.2, 0.25) is 0 Å². The van der Waals surface area contributed by atoms with Gasteiger partial charge < -0.3 is 10.0 Å². The Labute approximate surface area is 131 Å². The summed E-state index contributed by atoms with van der Waals surface area (Å²) in [5.74, 6) is 0. The van der Waals surface area contributed by atoms with E-state index in [1.807, 2.05) is 30.3 Å². The van der Waals surface area contributed by atoms with Crippen LogP contribution >= 0.6 is 0 Å². The second kappa shape index (κ2) is 7.40. The molecule has 118 valence electrons. The second-order valence-corrected chi connectivity index (χ2v) is 6.55. The zero-order valence-corrected chi connectivity index (χ0v) is 13.0. The van der Waals surface area contributed by atoms with Crippen molar-refractivity contribution in [3.63, 3.8) is 0 Å². The molecule has 3 N–H and O–H groups in total. The Bertz CT molecular complexity index is 685. The highest BCUT2D eigenvalue weighted by Crippen LogP contribution is 2.15. The SMILES string of the molecule is NS(=O)(=O)c1ccc(CCN(CCO)c2ccccc2)cc1. The number of aliphatic hydroxyl groups excluding tert-OH is 1. The van der Waals surface area contributed by atoms with E-state index in [1.165, 1.54) is 12.1 Å². The van der Waals surface area contributed by atoms with Crippen LogP contribution in [0.4, 0.5) is 5.69 Å². The first-order valence-electron chi connectivity index (χ1n) is 7.03. The van der Waals surface area contributed by atoms with Crippen LogP contribution in [0.1, 0.15) is 5.56 Å². The van der Waals surface area contributed by atoms with E-state index in [0.717, 1.165) is 24.2 Å². The van der Waals surface area contributed by atoms with Crippen molar-refractivity contribution in [3.8, 4) is 0 Å². The number of hydrogen-bond donors (Lipinski definition) is 2. The molecule has 0 spiro atoms. The molecule has 0 unspecified atom stereocenters. The van der Waals surface area contributed by atoms with Crippen LogP contribution in [0.5, 0.6) is 0 Å². The van der Waals surface area contributed by atoms with Gasteiger partial charge in [-0.05, 0) is 36.2 Å². The lowest BCUT2D eigenvalue weighted by molar-refractivity contribution is 0.302.